The highest BCUT2D eigenvalue weighted by atomic mass is 16.5. The molecular formula is C17H26N4O2. The van der Waals surface area contributed by atoms with Crippen molar-refractivity contribution in [1.82, 2.24) is 10.3 Å². The lowest BCUT2D eigenvalue weighted by Crippen LogP contribution is -2.48. The van der Waals surface area contributed by atoms with Crippen LogP contribution < -0.4 is 16.0 Å². The minimum absolute atomic E-state index is 0.0443. The molecule has 0 aromatic carbocycles. The number of nitrogens with one attached hydrogen (secondary N) is 1. The third-order valence-corrected chi connectivity index (χ3v) is 5.02. The molecule has 0 atom stereocenters. The van der Waals surface area contributed by atoms with Crippen LogP contribution in [0.25, 0.3) is 0 Å². The standard InChI is InChI=1S/C17H26N4O2/c18-13-17(4-9-23-10-5-17)16(22)20-12-14-3-6-19-15(11-14)21-7-1-2-8-21/h3,6,11H,1-2,4-5,7-10,12-13,18H2,(H,20,22). The number of nitrogens with zero attached hydrogens (tertiary/aromatic N) is 2. The van der Waals surface area contributed by atoms with Crippen molar-refractivity contribution < 1.29 is 9.53 Å². The van der Waals surface area contributed by atoms with Gasteiger partial charge in [-0.3, -0.25) is 4.79 Å². The highest BCUT2D eigenvalue weighted by molar-refractivity contribution is 5.83. The maximum atomic E-state index is 12.6. The maximum Gasteiger partial charge on any atom is 0.227 e. The fourth-order valence-electron chi connectivity index (χ4n) is 3.35. The van der Waals surface area contributed by atoms with E-state index in [1.165, 1.54) is 12.8 Å². The van der Waals surface area contributed by atoms with Gasteiger partial charge in [0.2, 0.25) is 5.91 Å². The molecule has 0 aliphatic carbocycles. The second-order valence-corrected chi connectivity index (χ2v) is 6.50. The van der Waals surface area contributed by atoms with E-state index < -0.39 is 5.41 Å². The molecule has 23 heavy (non-hydrogen) atoms. The van der Waals surface area contributed by atoms with Crippen LogP contribution in [0.2, 0.25) is 0 Å². The van der Waals surface area contributed by atoms with Crippen molar-refractivity contribution in [2.75, 3.05) is 37.7 Å². The van der Waals surface area contributed by atoms with E-state index in [1.54, 1.807) is 0 Å². The Morgan fingerprint density at radius 2 is 2.09 bits per heavy atom. The zero-order valence-corrected chi connectivity index (χ0v) is 13.6. The van der Waals surface area contributed by atoms with Gasteiger partial charge in [-0.15, -0.1) is 0 Å². The van der Waals surface area contributed by atoms with E-state index in [4.69, 9.17) is 10.5 Å². The molecule has 1 aromatic heterocycles. The lowest BCUT2D eigenvalue weighted by atomic mass is 9.79. The van der Waals surface area contributed by atoms with Gasteiger partial charge < -0.3 is 20.7 Å². The molecule has 0 radical (unpaired) electrons. The monoisotopic (exact) mass is 318 g/mol. The van der Waals surface area contributed by atoms with Crippen LogP contribution in [0.15, 0.2) is 18.3 Å². The van der Waals surface area contributed by atoms with Gasteiger partial charge in [0.05, 0.1) is 5.41 Å². The summed E-state index contributed by atoms with van der Waals surface area (Å²) < 4.78 is 5.36. The number of anilines is 1. The fraction of sp³-hybridized carbons (Fsp3) is 0.647. The zero-order chi connectivity index (χ0) is 16.1. The Kier molecular flexibility index (Phi) is 5.13. The van der Waals surface area contributed by atoms with Crippen LogP contribution in [-0.2, 0) is 16.1 Å². The number of nitrogens with two attached hydrogens (primary N) is 1. The molecule has 3 heterocycles. The summed E-state index contributed by atoms with van der Waals surface area (Å²) in [4.78, 5) is 19.3. The van der Waals surface area contributed by atoms with E-state index in [9.17, 15) is 4.79 Å². The zero-order valence-electron chi connectivity index (χ0n) is 13.6. The molecule has 6 nitrogen and oxygen atoms in total. The Morgan fingerprint density at radius 1 is 1.35 bits per heavy atom. The van der Waals surface area contributed by atoms with E-state index in [-0.39, 0.29) is 5.91 Å². The van der Waals surface area contributed by atoms with Gasteiger partial charge in [0, 0.05) is 45.6 Å². The Labute approximate surface area is 137 Å². The lowest BCUT2D eigenvalue weighted by molar-refractivity contribution is -0.136. The summed E-state index contributed by atoms with van der Waals surface area (Å²) in [5.74, 6) is 1.05. The summed E-state index contributed by atoms with van der Waals surface area (Å²) in [5.41, 5.74) is 6.49. The van der Waals surface area contributed by atoms with Crippen molar-refractivity contribution in [3.8, 4) is 0 Å². The van der Waals surface area contributed by atoms with Crippen LogP contribution >= 0.6 is 0 Å². The van der Waals surface area contributed by atoms with Gasteiger partial charge in [-0.2, -0.15) is 0 Å². The Hall–Kier alpha value is -1.66. The van der Waals surface area contributed by atoms with Gasteiger partial charge in [-0.25, -0.2) is 4.98 Å². The predicted molar refractivity (Wildman–Crippen MR) is 89.1 cm³/mol. The number of aromatic nitrogens is 1. The Balaban J connectivity index is 1.61. The molecule has 2 saturated heterocycles. The van der Waals surface area contributed by atoms with Crippen LogP contribution in [0.1, 0.15) is 31.2 Å². The minimum Gasteiger partial charge on any atom is -0.381 e. The first-order valence-corrected chi connectivity index (χ1v) is 8.49. The highest BCUT2D eigenvalue weighted by Gasteiger charge is 2.38. The van der Waals surface area contributed by atoms with Crippen molar-refractivity contribution in [1.29, 1.82) is 0 Å². The Bertz CT molecular complexity index is 537. The molecule has 0 unspecified atom stereocenters. The number of hydrogen-bond donors (Lipinski definition) is 2. The number of carbonyl (C=O) groups is 1. The van der Waals surface area contributed by atoms with Gasteiger partial charge in [0.15, 0.2) is 0 Å². The topological polar surface area (TPSA) is 80.5 Å². The lowest BCUT2D eigenvalue weighted by Gasteiger charge is -2.34. The third kappa shape index (κ3) is 3.64. The Morgan fingerprint density at radius 3 is 2.78 bits per heavy atom. The molecular weight excluding hydrogens is 292 g/mol. The smallest absolute Gasteiger partial charge is 0.227 e. The van der Waals surface area contributed by atoms with Gasteiger partial charge >= 0.3 is 0 Å². The van der Waals surface area contributed by atoms with E-state index >= 15 is 0 Å². The van der Waals surface area contributed by atoms with Gasteiger partial charge in [0.1, 0.15) is 5.82 Å². The number of ether oxygens (including phenoxy) is 1. The molecule has 126 valence electrons. The predicted octanol–water partition coefficient (Wildman–Crippen LogP) is 1.05. The molecule has 3 N–H and O–H groups in total. The number of pyridine rings is 1. The molecule has 0 saturated carbocycles. The molecule has 0 spiro atoms. The number of carbonyl (C=O) groups excluding carboxylic acids is 1. The van der Waals surface area contributed by atoms with E-state index in [2.05, 4.69) is 21.3 Å². The molecule has 0 bridgehead atoms. The first-order valence-electron chi connectivity index (χ1n) is 8.49. The summed E-state index contributed by atoms with van der Waals surface area (Å²) >= 11 is 0. The van der Waals surface area contributed by atoms with E-state index in [1.807, 2.05) is 12.3 Å². The first-order chi connectivity index (χ1) is 11.2. The summed E-state index contributed by atoms with van der Waals surface area (Å²) in [6.07, 6.45) is 5.67. The van der Waals surface area contributed by atoms with Crippen molar-refractivity contribution in [2.45, 2.75) is 32.2 Å². The van der Waals surface area contributed by atoms with E-state index in [0.717, 1.165) is 24.5 Å². The van der Waals surface area contributed by atoms with Crippen molar-refractivity contribution in [3.05, 3.63) is 23.9 Å². The summed E-state index contributed by atoms with van der Waals surface area (Å²) in [6, 6.07) is 4.03. The van der Waals surface area contributed by atoms with Crippen molar-refractivity contribution in [2.24, 2.45) is 11.1 Å². The van der Waals surface area contributed by atoms with Crippen LogP contribution in [0.5, 0.6) is 0 Å². The van der Waals surface area contributed by atoms with Crippen LogP contribution in [0.3, 0.4) is 0 Å². The molecule has 2 fully saturated rings. The second kappa shape index (κ2) is 7.27. The van der Waals surface area contributed by atoms with Crippen molar-refractivity contribution >= 4 is 11.7 Å². The highest BCUT2D eigenvalue weighted by Crippen LogP contribution is 2.29. The summed E-state index contributed by atoms with van der Waals surface area (Å²) in [6.45, 7) is 4.25. The van der Waals surface area contributed by atoms with Gasteiger partial charge in [-0.1, -0.05) is 0 Å². The van der Waals surface area contributed by atoms with Crippen molar-refractivity contribution in [3.63, 3.8) is 0 Å². The molecule has 1 amide bonds. The maximum absolute atomic E-state index is 12.6. The summed E-state index contributed by atoms with van der Waals surface area (Å²) in [5, 5.41) is 3.06. The SMILES string of the molecule is NCC1(C(=O)NCc2ccnc(N3CCCC3)c2)CCOCC1. The molecule has 3 rings (SSSR count). The number of rotatable bonds is 5. The minimum atomic E-state index is -0.469. The van der Waals surface area contributed by atoms with Crippen LogP contribution in [0.4, 0.5) is 5.82 Å². The quantitative estimate of drug-likeness (QED) is 0.848. The molecule has 2 aliphatic heterocycles. The average Bonchev–Trinajstić information content (AvgIpc) is 3.15. The second-order valence-electron chi connectivity index (χ2n) is 6.50. The van der Waals surface area contributed by atoms with Crippen LogP contribution in [-0.4, -0.2) is 43.7 Å². The van der Waals surface area contributed by atoms with E-state index in [0.29, 0.717) is 39.1 Å². The van der Waals surface area contributed by atoms with Gasteiger partial charge in [-0.05, 0) is 43.4 Å². The first kappa shape index (κ1) is 16.2. The normalized spacial score (nSPS) is 20.5. The molecule has 1 aromatic rings. The average molecular weight is 318 g/mol. The summed E-state index contributed by atoms with van der Waals surface area (Å²) in [7, 11) is 0. The molecule has 6 heteroatoms. The van der Waals surface area contributed by atoms with Crippen LogP contribution in [0, 0.1) is 5.41 Å². The molecule has 2 aliphatic rings. The third-order valence-electron chi connectivity index (χ3n) is 5.02. The number of hydrogen-bond acceptors (Lipinski definition) is 5. The van der Waals surface area contributed by atoms with Gasteiger partial charge in [0.25, 0.3) is 0 Å². The number of amides is 1. The fourth-order valence-corrected chi connectivity index (χ4v) is 3.35. The largest absolute Gasteiger partial charge is 0.381 e.